The standard InChI is InChI=1S/C21H22N4O2/c1-27-20-5-3-2-4-17(20)8-11-24-19-12-18(14-23-15-19)21(26)25-13-16-6-9-22-10-7-16/h2-7,9-10,12,14-15,24H,8,11,13H2,1H3,(H,25,26). The fourth-order valence-electron chi connectivity index (χ4n) is 2.70. The maximum absolute atomic E-state index is 12.3. The van der Waals surface area contributed by atoms with E-state index in [1.165, 1.54) is 0 Å². The monoisotopic (exact) mass is 362 g/mol. The molecule has 0 aliphatic carbocycles. The highest BCUT2D eigenvalue weighted by atomic mass is 16.5. The number of hydrogen-bond donors (Lipinski definition) is 2. The molecule has 1 amide bonds. The van der Waals surface area contributed by atoms with Crippen LogP contribution in [0.15, 0.2) is 67.3 Å². The molecule has 3 rings (SSSR count). The predicted molar refractivity (Wildman–Crippen MR) is 105 cm³/mol. The van der Waals surface area contributed by atoms with Crippen molar-refractivity contribution in [3.05, 3.63) is 83.9 Å². The van der Waals surface area contributed by atoms with Gasteiger partial charge in [0.1, 0.15) is 5.75 Å². The number of hydrogen-bond acceptors (Lipinski definition) is 5. The molecular formula is C21H22N4O2. The summed E-state index contributed by atoms with van der Waals surface area (Å²) in [7, 11) is 1.67. The molecule has 0 radical (unpaired) electrons. The minimum atomic E-state index is -0.160. The zero-order valence-electron chi connectivity index (χ0n) is 15.2. The third-order valence-electron chi connectivity index (χ3n) is 4.12. The summed E-state index contributed by atoms with van der Waals surface area (Å²) >= 11 is 0. The van der Waals surface area contributed by atoms with Crippen LogP contribution in [0.25, 0.3) is 0 Å². The second-order valence-corrected chi connectivity index (χ2v) is 5.99. The second kappa shape index (κ2) is 9.33. The normalized spacial score (nSPS) is 10.3. The average Bonchev–Trinajstić information content (AvgIpc) is 2.73. The van der Waals surface area contributed by atoms with Crippen molar-refractivity contribution in [2.75, 3.05) is 19.0 Å². The molecule has 0 aliphatic rings. The molecule has 2 heterocycles. The number of benzene rings is 1. The number of aromatic nitrogens is 2. The number of ether oxygens (including phenoxy) is 1. The SMILES string of the molecule is COc1ccccc1CCNc1cncc(C(=O)NCc2ccncc2)c1. The maximum Gasteiger partial charge on any atom is 0.253 e. The van der Waals surface area contributed by atoms with Gasteiger partial charge >= 0.3 is 0 Å². The Labute approximate surface area is 158 Å². The lowest BCUT2D eigenvalue weighted by atomic mass is 10.1. The quantitative estimate of drug-likeness (QED) is 0.644. The van der Waals surface area contributed by atoms with E-state index < -0.39 is 0 Å². The molecule has 1 aromatic carbocycles. The molecule has 0 bridgehead atoms. The number of carbonyl (C=O) groups excluding carboxylic acids is 1. The lowest BCUT2D eigenvalue weighted by Gasteiger charge is -2.10. The van der Waals surface area contributed by atoms with E-state index in [1.807, 2.05) is 36.4 Å². The van der Waals surface area contributed by atoms with Crippen molar-refractivity contribution in [2.45, 2.75) is 13.0 Å². The van der Waals surface area contributed by atoms with Gasteiger partial charge in [0.05, 0.1) is 18.4 Å². The summed E-state index contributed by atoms with van der Waals surface area (Å²) in [6.45, 7) is 1.16. The molecule has 27 heavy (non-hydrogen) atoms. The smallest absolute Gasteiger partial charge is 0.253 e. The fourth-order valence-corrected chi connectivity index (χ4v) is 2.70. The Morgan fingerprint density at radius 3 is 2.70 bits per heavy atom. The summed E-state index contributed by atoms with van der Waals surface area (Å²) in [6, 6.07) is 13.5. The Balaban J connectivity index is 1.54. The number of nitrogens with zero attached hydrogens (tertiary/aromatic N) is 2. The molecular weight excluding hydrogens is 340 g/mol. The van der Waals surface area contributed by atoms with Crippen molar-refractivity contribution in [3.63, 3.8) is 0 Å². The third-order valence-corrected chi connectivity index (χ3v) is 4.12. The first-order chi connectivity index (χ1) is 13.3. The molecule has 2 N–H and O–H groups in total. The fraction of sp³-hybridized carbons (Fsp3) is 0.190. The molecule has 0 aliphatic heterocycles. The molecule has 0 saturated heterocycles. The lowest BCUT2D eigenvalue weighted by molar-refractivity contribution is 0.0950. The van der Waals surface area contributed by atoms with Crippen LogP contribution in [0, 0.1) is 0 Å². The minimum Gasteiger partial charge on any atom is -0.496 e. The van der Waals surface area contributed by atoms with E-state index in [0.29, 0.717) is 18.7 Å². The van der Waals surface area contributed by atoms with Gasteiger partial charge in [-0.15, -0.1) is 0 Å². The average molecular weight is 362 g/mol. The second-order valence-electron chi connectivity index (χ2n) is 5.99. The summed E-state index contributed by atoms with van der Waals surface area (Å²) < 4.78 is 5.37. The van der Waals surface area contributed by atoms with E-state index in [-0.39, 0.29) is 5.91 Å². The zero-order valence-corrected chi connectivity index (χ0v) is 15.2. The predicted octanol–water partition coefficient (Wildman–Crippen LogP) is 3.07. The van der Waals surface area contributed by atoms with Gasteiger partial charge in [0.25, 0.3) is 5.91 Å². The molecule has 0 unspecified atom stereocenters. The van der Waals surface area contributed by atoms with Crippen LogP contribution in [0.3, 0.4) is 0 Å². The molecule has 2 aromatic heterocycles. The lowest BCUT2D eigenvalue weighted by Crippen LogP contribution is -2.23. The number of pyridine rings is 2. The van der Waals surface area contributed by atoms with Crippen molar-refractivity contribution in [3.8, 4) is 5.75 Å². The van der Waals surface area contributed by atoms with Crippen LogP contribution >= 0.6 is 0 Å². The van der Waals surface area contributed by atoms with Gasteiger partial charge in [0, 0.05) is 37.9 Å². The van der Waals surface area contributed by atoms with Crippen LogP contribution in [0.1, 0.15) is 21.5 Å². The van der Waals surface area contributed by atoms with Gasteiger partial charge in [-0.3, -0.25) is 14.8 Å². The Bertz CT molecular complexity index is 884. The van der Waals surface area contributed by atoms with Crippen molar-refractivity contribution in [2.24, 2.45) is 0 Å². The van der Waals surface area contributed by atoms with Gasteiger partial charge in [0.15, 0.2) is 0 Å². The summed E-state index contributed by atoms with van der Waals surface area (Å²) in [5.74, 6) is 0.717. The van der Waals surface area contributed by atoms with Crippen molar-refractivity contribution < 1.29 is 9.53 Å². The Kier molecular flexibility index (Phi) is 6.35. The Morgan fingerprint density at radius 1 is 1.07 bits per heavy atom. The van der Waals surface area contributed by atoms with E-state index in [4.69, 9.17) is 4.74 Å². The molecule has 0 fully saturated rings. The van der Waals surface area contributed by atoms with Crippen LogP contribution in [0.4, 0.5) is 5.69 Å². The van der Waals surface area contributed by atoms with E-state index in [2.05, 4.69) is 20.6 Å². The van der Waals surface area contributed by atoms with Crippen molar-refractivity contribution >= 4 is 11.6 Å². The van der Waals surface area contributed by atoms with Crippen LogP contribution in [0.5, 0.6) is 5.75 Å². The van der Waals surface area contributed by atoms with Gasteiger partial charge in [-0.05, 0) is 41.8 Å². The van der Waals surface area contributed by atoms with E-state index >= 15 is 0 Å². The molecule has 138 valence electrons. The summed E-state index contributed by atoms with van der Waals surface area (Å²) in [5, 5.41) is 6.20. The number of rotatable bonds is 8. The van der Waals surface area contributed by atoms with Crippen LogP contribution in [-0.2, 0) is 13.0 Å². The van der Waals surface area contributed by atoms with E-state index in [9.17, 15) is 4.79 Å². The van der Waals surface area contributed by atoms with Gasteiger partial charge in [-0.2, -0.15) is 0 Å². The highest BCUT2D eigenvalue weighted by Crippen LogP contribution is 2.18. The molecule has 6 nitrogen and oxygen atoms in total. The number of anilines is 1. The highest BCUT2D eigenvalue weighted by Gasteiger charge is 2.07. The van der Waals surface area contributed by atoms with E-state index in [0.717, 1.165) is 29.0 Å². The van der Waals surface area contributed by atoms with Crippen LogP contribution in [0.2, 0.25) is 0 Å². The Hall–Kier alpha value is -3.41. The summed E-state index contributed by atoms with van der Waals surface area (Å²) in [6.07, 6.45) is 7.49. The topological polar surface area (TPSA) is 76.1 Å². The number of amides is 1. The van der Waals surface area contributed by atoms with Gasteiger partial charge in [0.2, 0.25) is 0 Å². The molecule has 0 saturated carbocycles. The van der Waals surface area contributed by atoms with Gasteiger partial charge in [-0.1, -0.05) is 18.2 Å². The third kappa shape index (κ3) is 5.28. The van der Waals surface area contributed by atoms with E-state index in [1.54, 1.807) is 38.0 Å². The zero-order chi connectivity index (χ0) is 18.9. The Morgan fingerprint density at radius 2 is 1.89 bits per heavy atom. The van der Waals surface area contributed by atoms with Crippen LogP contribution < -0.4 is 15.4 Å². The number of methoxy groups -OCH3 is 1. The first-order valence-electron chi connectivity index (χ1n) is 8.74. The van der Waals surface area contributed by atoms with Gasteiger partial charge in [-0.25, -0.2) is 0 Å². The summed E-state index contributed by atoms with van der Waals surface area (Å²) in [4.78, 5) is 20.5. The first kappa shape index (κ1) is 18.4. The number of para-hydroxylation sites is 1. The highest BCUT2D eigenvalue weighted by molar-refractivity contribution is 5.94. The number of carbonyl (C=O) groups is 1. The largest absolute Gasteiger partial charge is 0.496 e. The van der Waals surface area contributed by atoms with Crippen LogP contribution in [-0.4, -0.2) is 29.5 Å². The minimum absolute atomic E-state index is 0.160. The maximum atomic E-state index is 12.3. The molecule has 6 heteroatoms. The first-order valence-corrected chi connectivity index (χ1v) is 8.74. The molecule has 3 aromatic rings. The number of nitrogens with one attached hydrogen (secondary N) is 2. The molecule has 0 spiro atoms. The van der Waals surface area contributed by atoms with Crippen molar-refractivity contribution in [1.82, 2.24) is 15.3 Å². The molecule has 0 atom stereocenters. The van der Waals surface area contributed by atoms with Crippen molar-refractivity contribution in [1.29, 1.82) is 0 Å². The van der Waals surface area contributed by atoms with Gasteiger partial charge < -0.3 is 15.4 Å². The summed E-state index contributed by atoms with van der Waals surface area (Å²) in [5.41, 5.74) is 3.46.